The van der Waals surface area contributed by atoms with E-state index in [1.54, 1.807) is 6.07 Å². The first kappa shape index (κ1) is 19.5. The highest BCUT2D eigenvalue weighted by Gasteiger charge is 2.45. The van der Waals surface area contributed by atoms with Crippen LogP contribution in [0.2, 0.25) is 0 Å². The third-order valence-corrected chi connectivity index (χ3v) is 4.75. The summed E-state index contributed by atoms with van der Waals surface area (Å²) in [4.78, 5) is 16.6. The molecular formula is C19H20F4N2O2. The van der Waals surface area contributed by atoms with Crippen molar-refractivity contribution in [3.05, 3.63) is 36.3 Å². The van der Waals surface area contributed by atoms with Gasteiger partial charge in [-0.25, -0.2) is 4.39 Å². The van der Waals surface area contributed by atoms with Crippen molar-refractivity contribution in [2.45, 2.75) is 44.9 Å². The van der Waals surface area contributed by atoms with Gasteiger partial charge < -0.3 is 10.1 Å². The first-order chi connectivity index (χ1) is 12.7. The summed E-state index contributed by atoms with van der Waals surface area (Å²) in [5, 5.41) is 2.91. The molecule has 3 rings (SSSR count). The molecule has 0 radical (unpaired) electrons. The number of amides is 1. The number of nitrogens with zero attached hydrogens (tertiary/aromatic N) is 1. The number of anilines is 1. The van der Waals surface area contributed by atoms with Crippen molar-refractivity contribution in [1.82, 2.24) is 4.98 Å². The van der Waals surface area contributed by atoms with Crippen molar-refractivity contribution < 1.29 is 27.1 Å². The van der Waals surface area contributed by atoms with E-state index in [1.807, 2.05) is 0 Å². The maximum absolute atomic E-state index is 13.7. The van der Waals surface area contributed by atoms with E-state index in [4.69, 9.17) is 4.74 Å². The van der Waals surface area contributed by atoms with Gasteiger partial charge in [-0.1, -0.05) is 12.1 Å². The first-order valence-corrected chi connectivity index (χ1v) is 8.70. The van der Waals surface area contributed by atoms with Gasteiger partial charge in [-0.3, -0.25) is 9.78 Å². The second-order valence-electron chi connectivity index (χ2n) is 7.21. The summed E-state index contributed by atoms with van der Waals surface area (Å²) < 4.78 is 58.3. The van der Waals surface area contributed by atoms with Crippen LogP contribution in [0, 0.1) is 11.2 Å². The van der Waals surface area contributed by atoms with Crippen LogP contribution in [0.1, 0.15) is 32.6 Å². The molecule has 4 nitrogen and oxygen atoms in total. The summed E-state index contributed by atoms with van der Waals surface area (Å²) in [5.74, 6) is -1.32. The Labute approximate surface area is 153 Å². The zero-order valence-electron chi connectivity index (χ0n) is 14.8. The Bertz CT molecular complexity index is 836. The van der Waals surface area contributed by atoms with Gasteiger partial charge in [0.05, 0.1) is 36.4 Å². The highest BCUT2D eigenvalue weighted by molar-refractivity contribution is 5.96. The van der Waals surface area contributed by atoms with Crippen molar-refractivity contribution in [3.8, 4) is 0 Å². The molecule has 27 heavy (non-hydrogen) atoms. The number of carbonyl (C=O) groups is 1. The van der Waals surface area contributed by atoms with Crippen LogP contribution >= 0.6 is 0 Å². The number of halogens is 4. The monoisotopic (exact) mass is 384 g/mol. The minimum absolute atomic E-state index is 0.0873. The molecule has 1 aromatic heterocycles. The quantitative estimate of drug-likeness (QED) is 0.725. The third kappa shape index (κ3) is 4.74. The Kier molecular flexibility index (Phi) is 5.37. The number of alkyl halides is 3. The number of ether oxygens (including phenoxy) is 1. The smallest absolute Gasteiger partial charge is 0.377 e. The number of pyridine rings is 1. The minimum atomic E-state index is -4.51. The summed E-state index contributed by atoms with van der Waals surface area (Å²) in [7, 11) is 0. The fourth-order valence-electron chi connectivity index (χ4n) is 2.95. The van der Waals surface area contributed by atoms with Crippen molar-refractivity contribution >= 4 is 22.5 Å². The standard InChI is InChI=1S/C19H20F4N2O2/c1-18(10-19(21,22)23,11-27-14-5-3-6-14)17(26)25-13-8-12-4-2-7-15(20)16(12)24-9-13/h2,4,7-9,14H,3,5-6,10-11H2,1H3,(H,25,26). The second-order valence-corrected chi connectivity index (χ2v) is 7.21. The maximum Gasteiger partial charge on any atom is 0.390 e. The Morgan fingerprint density at radius 3 is 2.70 bits per heavy atom. The van der Waals surface area contributed by atoms with E-state index in [0.29, 0.717) is 5.39 Å². The van der Waals surface area contributed by atoms with Crippen LogP contribution in [-0.4, -0.2) is 29.8 Å². The number of nitrogens with one attached hydrogen (secondary N) is 1. The number of rotatable bonds is 6. The van der Waals surface area contributed by atoms with Crippen LogP contribution in [-0.2, 0) is 9.53 Å². The summed E-state index contributed by atoms with van der Waals surface area (Å²) in [6.45, 7) is 0.918. The molecule has 1 atom stereocenters. The lowest BCUT2D eigenvalue weighted by Gasteiger charge is -2.33. The molecule has 1 heterocycles. The Morgan fingerprint density at radius 1 is 1.33 bits per heavy atom. The van der Waals surface area contributed by atoms with Gasteiger partial charge in [-0.15, -0.1) is 0 Å². The lowest BCUT2D eigenvalue weighted by atomic mass is 9.85. The molecule has 1 unspecified atom stereocenters. The lowest BCUT2D eigenvalue weighted by molar-refractivity contribution is -0.175. The third-order valence-electron chi connectivity index (χ3n) is 4.75. The number of aromatic nitrogens is 1. The number of benzene rings is 1. The van der Waals surface area contributed by atoms with E-state index in [0.717, 1.165) is 19.3 Å². The molecule has 1 fully saturated rings. The van der Waals surface area contributed by atoms with Gasteiger partial charge in [0.2, 0.25) is 5.91 Å². The predicted molar refractivity (Wildman–Crippen MR) is 92.7 cm³/mol. The molecule has 0 saturated heterocycles. The lowest BCUT2D eigenvalue weighted by Crippen LogP contribution is -2.42. The van der Waals surface area contributed by atoms with Gasteiger partial charge in [-0.2, -0.15) is 13.2 Å². The molecule has 1 aliphatic carbocycles. The maximum atomic E-state index is 13.7. The van der Waals surface area contributed by atoms with Gasteiger partial charge >= 0.3 is 6.18 Å². The number of para-hydroxylation sites is 1. The van der Waals surface area contributed by atoms with E-state index in [2.05, 4.69) is 10.3 Å². The van der Waals surface area contributed by atoms with Crippen molar-refractivity contribution in [1.29, 1.82) is 0 Å². The van der Waals surface area contributed by atoms with E-state index in [1.165, 1.54) is 31.3 Å². The molecule has 1 aliphatic rings. The molecule has 1 aromatic carbocycles. The highest BCUT2D eigenvalue weighted by Crippen LogP contribution is 2.36. The molecular weight excluding hydrogens is 364 g/mol. The van der Waals surface area contributed by atoms with E-state index in [9.17, 15) is 22.4 Å². The van der Waals surface area contributed by atoms with E-state index in [-0.39, 0.29) is 23.9 Å². The number of hydrogen-bond donors (Lipinski definition) is 1. The average molecular weight is 384 g/mol. The fourth-order valence-corrected chi connectivity index (χ4v) is 2.95. The Hall–Kier alpha value is -2.22. The minimum Gasteiger partial charge on any atom is -0.377 e. The first-order valence-electron chi connectivity index (χ1n) is 8.70. The molecule has 1 amide bonds. The summed E-state index contributed by atoms with van der Waals surface area (Å²) in [6, 6.07) is 5.83. The van der Waals surface area contributed by atoms with Crippen molar-refractivity contribution in [2.75, 3.05) is 11.9 Å². The summed E-state index contributed by atoms with van der Waals surface area (Å²) in [6.07, 6.45) is -2.10. The predicted octanol–water partition coefficient (Wildman–Crippen LogP) is 4.84. The van der Waals surface area contributed by atoms with Crippen LogP contribution in [0.5, 0.6) is 0 Å². The zero-order chi connectivity index (χ0) is 19.7. The van der Waals surface area contributed by atoms with Gasteiger partial charge in [0.25, 0.3) is 0 Å². The Morgan fingerprint density at radius 2 is 2.07 bits per heavy atom. The number of carbonyl (C=O) groups excluding carboxylic acids is 1. The second kappa shape index (κ2) is 7.42. The number of fused-ring (bicyclic) bond motifs is 1. The van der Waals surface area contributed by atoms with Crippen molar-refractivity contribution in [2.24, 2.45) is 5.41 Å². The van der Waals surface area contributed by atoms with Gasteiger partial charge in [0.15, 0.2) is 0 Å². The molecule has 0 bridgehead atoms. The SMILES string of the molecule is CC(COC1CCC1)(CC(F)(F)F)C(=O)Nc1cnc2c(F)cccc2c1. The molecule has 1 saturated carbocycles. The fraction of sp³-hybridized carbons (Fsp3) is 0.474. The van der Waals surface area contributed by atoms with Gasteiger partial charge in [0.1, 0.15) is 11.3 Å². The summed E-state index contributed by atoms with van der Waals surface area (Å²) >= 11 is 0. The molecule has 1 N–H and O–H groups in total. The van der Waals surface area contributed by atoms with Crippen LogP contribution in [0.25, 0.3) is 10.9 Å². The average Bonchev–Trinajstić information content (AvgIpc) is 2.52. The molecule has 0 spiro atoms. The van der Waals surface area contributed by atoms with Crippen molar-refractivity contribution in [3.63, 3.8) is 0 Å². The molecule has 0 aliphatic heterocycles. The number of hydrogen-bond acceptors (Lipinski definition) is 3. The molecule has 2 aromatic rings. The summed E-state index contributed by atoms with van der Waals surface area (Å²) in [5.41, 5.74) is -1.44. The molecule has 146 valence electrons. The normalized spacial score (nSPS) is 17.4. The zero-order valence-corrected chi connectivity index (χ0v) is 14.8. The van der Waals surface area contributed by atoms with Crippen LogP contribution in [0.15, 0.2) is 30.5 Å². The van der Waals surface area contributed by atoms with Gasteiger partial charge in [-0.05, 0) is 38.3 Å². The van der Waals surface area contributed by atoms with Crippen LogP contribution in [0.3, 0.4) is 0 Å². The van der Waals surface area contributed by atoms with E-state index >= 15 is 0 Å². The van der Waals surface area contributed by atoms with Crippen LogP contribution < -0.4 is 5.32 Å². The topological polar surface area (TPSA) is 51.2 Å². The van der Waals surface area contributed by atoms with Gasteiger partial charge in [0, 0.05) is 5.39 Å². The molecule has 8 heteroatoms. The van der Waals surface area contributed by atoms with Crippen LogP contribution in [0.4, 0.5) is 23.2 Å². The highest BCUT2D eigenvalue weighted by atomic mass is 19.4. The Balaban J connectivity index is 1.78. The largest absolute Gasteiger partial charge is 0.390 e. The van der Waals surface area contributed by atoms with E-state index < -0.39 is 29.7 Å².